The van der Waals surface area contributed by atoms with Crippen LogP contribution in [0.15, 0.2) is 53.9 Å². The molecule has 3 rings (SSSR count). The van der Waals surface area contributed by atoms with Crippen LogP contribution in [0.5, 0.6) is 11.5 Å². The Kier molecular flexibility index (Phi) is 6.66. The molecule has 1 heterocycles. The van der Waals surface area contributed by atoms with Crippen molar-refractivity contribution >= 4 is 23.4 Å². The third kappa shape index (κ3) is 4.94. The van der Waals surface area contributed by atoms with Gasteiger partial charge in [-0.3, -0.25) is 9.36 Å². The van der Waals surface area contributed by atoms with Crippen molar-refractivity contribution in [2.45, 2.75) is 31.3 Å². The molecule has 0 unspecified atom stereocenters. The maximum absolute atomic E-state index is 12.6. The van der Waals surface area contributed by atoms with E-state index in [1.165, 1.54) is 11.8 Å². The molecule has 0 bridgehead atoms. The molecule has 0 radical (unpaired) electrons. The topological polar surface area (TPSA) is 78.3 Å². The van der Waals surface area contributed by atoms with Crippen LogP contribution < -0.4 is 14.8 Å². The van der Waals surface area contributed by atoms with Gasteiger partial charge in [-0.1, -0.05) is 50.7 Å². The second-order valence-corrected chi connectivity index (χ2v) is 8.60. The molecule has 0 spiro atoms. The van der Waals surface area contributed by atoms with E-state index in [1.807, 2.05) is 42.5 Å². The molecule has 0 fully saturated rings. The minimum absolute atomic E-state index is 0.0361. The number of benzene rings is 2. The number of hydrogen-bond acceptors (Lipinski definition) is 6. The van der Waals surface area contributed by atoms with Crippen LogP contribution in [0.25, 0.3) is 5.69 Å². The van der Waals surface area contributed by atoms with Crippen LogP contribution >= 0.6 is 11.8 Å². The summed E-state index contributed by atoms with van der Waals surface area (Å²) >= 11 is 1.30. The van der Waals surface area contributed by atoms with Crippen molar-refractivity contribution in [3.8, 4) is 17.2 Å². The average molecular weight is 427 g/mol. The van der Waals surface area contributed by atoms with Crippen molar-refractivity contribution in [3.05, 3.63) is 54.4 Å². The molecule has 0 atom stereocenters. The van der Waals surface area contributed by atoms with E-state index in [1.54, 1.807) is 25.1 Å². The van der Waals surface area contributed by atoms with Gasteiger partial charge in [-0.2, -0.15) is 0 Å². The lowest BCUT2D eigenvalue weighted by Gasteiger charge is -2.21. The minimum atomic E-state index is -0.154. The van der Waals surface area contributed by atoms with Crippen molar-refractivity contribution in [1.82, 2.24) is 14.8 Å². The molecular formula is C22H26N4O3S. The molecule has 1 aromatic heterocycles. The molecule has 0 aliphatic heterocycles. The van der Waals surface area contributed by atoms with Crippen molar-refractivity contribution < 1.29 is 14.3 Å². The Hall–Kier alpha value is -3.00. The molecule has 8 heteroatoms. The maximum atomic E-state index is 12.6. The molecule has 3 aromatic rings. The zero-order chi connectivity index (χ0) is 21.7. The summed E-state index contributed by atoms with van der Waals surface area (Å²) in [7, 11) is 3.20. The fourth-order valence-electron chi connectivity index (χ4n) is 2.91. The molecule has 30 heavy (non-hydrogen) atoms. The van der Waals surface area contributed by atoms with E-state index in [4.69, 9.17) is 9.47 Å². The lowest BCUT2D eigenvalue weighted by Crippen LogP contribution is -2.17. The fourth-order valence-corrected chi connectivity index (χ4v) is 3.63. The second-order valence-electron chi connectivity index (χ2n) is 7.66. The van der Waals surface area contributed by atoms with E-state index in [9.17, 15) is 4.79 Å². The largest absolute Gasteiger partial charge is 0.495 e. The average Bonchev–Trinajstić information content (AvgIpc) is 3.20. The number of carbonyl (C=O) groups excluding carboxylic acids is 1. The highest BCUT2D eigenvalue weighted by atomic mass is 32.2. The van der Waals surface area contributed by atoms with Gasteiger partial charge >= 0.3 is 0 Å². The normalized spacial score (nSPS) is 11.2. The first-order valence-corrected chi connectivity index (χ1v) is 10.5. The van der Waals surface area contributed by atoms with Crippen molar-refractivity contribution in [3.63, 3.8) is 0 Å². The van der Waals surface area contributed by atoms with Crippen LogP contribution in [0, 0.1) is 0 Å². The zero-order valence-corrected chi connectivity index (χ0v) is 18.6. The summed E-state index contributed by atoms with van der Waals surface area (Å²) in [5.41, 5.74) is 2.54. The Morgan fingerprint density at radius 1 is 1.10 bits per heavy atom. The van der Waals surface area contributed by atoms with Gasteiger partial charge in [0.05, 0.1) is 31.3 Å². The highest BCUT2D eigenvalue weighted by Gasteiger charge is 2.18. The van der Waals surface area contributed by atoms with Gasteiger partial charge in [0.1, 0.15) is 17.8 Å². The maximum Gasteiger partial charge on any atom is 0.234 e. The van der Waals surface area contributed by atoms with Gasteiger partial charge < -0.3 is 14.8 Å². The van der Waals surface area contributed by atoms with Crippen LogP contribution in [0.4, 0.5) is 5.69 Å². The Balaban J connectivity index is 1.73. The van der Waals surface area contributed by atoms with Crippen molar-refractivity contribution in [2.24, 2.45) is 0 Å². The minimum Gasteiger partial charge on any atom is -0.495 e. The monoisotopic (exact) mass is 426 g/mol. The summed E-state index contributed by atoms with van der Waals surface area (Å²) in [5, 5.41) is 11.7. The van der Waals surface area contributed by atoms with E-state index in [0.29, 0.717) is 22.3 Å². The Bertz CT molecular complexity index is 1030. The number of anilines is 1. The number of methoxy groups -OCH3 is 2. The Morgan fingerprint density at radius 2 is 1.83 bits per heavy atom. The van der Waals surface area contributed by atoms with Crippen molar-refractivity contribution in [2.75, 3.05) is 25.3 Å². The molecule has 2 aromatic carbocycles. The number of amides is 1. The highest BCUT2D eigenvalue weighted by molar-refractivity contribution is 7.99. The Labute approximate surface area is 180 Å². The number of carbonyl (C=O) groups is 1. The van der Waals surface area contributed by atoms with E-state index in [-0.39, 0.29) is 17.1 Å². The van der Waals surface area contributed by atoms with Crippen LogP contribution in [0.2, 0.25) is 0 Å². The smallest absolute Gasteiger partial charge is 0.234 e. The molecule has 1 N–H and O–H groups in total. The SMILES string of the molecule is COc1ccc(C(C)(C)C)cc1NC(=O)CSc1nncn1-c1ccccc1OC. The molecule has 158 valence electrons. The molecule has 7 nitrogen and oxygen atoms in total. The van der Waals surface area contributed by atoms with E-state index in [0.717, 1.165) is 11.3 Å². The number of ether oxygens (including phenoxy) is 2. The van der Waals surface area contributed by atoms with E-state index < -0.39 is 0 Å². The summed E-state index contributed by atoms with van der Waals surface area (Å²) < 4.78 is 12.6. The zero-order valence-electron chi connectivity index (χ0n) is 17.8. The predicted molar refractivity (Wildman–Crippen MR) is 119 cm³/mol. The number of para-hydroxylation sites is 2. The quantitative estimate of drug-likeness (QED) is 0.567. The summed E-state index contributed by atoms with van der Waals surface area (Å²) in [4.78, 5) is 12.6. The first-order valence-electron chi connectivity index (χ1n) is 9.48. The summed E-state index contributed by atoms with van der Waals surface area (Å²) in [6, 6.07) is 13.4. The first kappa shape index (κ1) is 21.7. The predicted octanol–water partition coefficient (Wildman–Crippen LogP) is 4.31. The van der Waals surface area contributed by atoms with E-state index in [2.05, 4.69) is 36.3 Å². The molecule has 0 saturated carbocycles. The molecule has 0 aliphatic carbocycles. The molecule has 1 amide bonds. The van der Waals surface area contributed by atoms with Gasteiger partial charge in [-0.25, -0.2) is 0 Å². The standard InChI is InChI=1S/C22H26N4O3S/c1-22(2,3)15-10-11-18(28-4)16(12-15)24-20(27)13-30-21-25-23-14-26(21)17-8-6-7-9-19(17)29-5/h6-12,14H,13H2,1-5H3,(H,24,27). The van der Waals surface area contributed by atoms with Crippen LogP contribution in [0.3, 0.4) is 0 Å². The van der Waals surface area contributed by atoms with Crippen molar-refractivity contribution in [1.29, 1.82) is 0 Å². The summed E-state index contributed by atoms with van der Waals surface area (Å²) in [6.45, 7) is 6.38. The number of nitrogens with one attached hydrogen (secondary N) is 1. The fraction of sp³-hybridized carbons (Fsp3) is 0.318. The summed E-state index contributed by atoms with van der Waals surface area (Å²) in [6.07, 6.45) is 1.61. The van der Waals surface area contributed by atoms with Gasteiger partial charge in [0.25, 0.3) is 0 Å². The van der Waals surface area contributed by atoms with Gasteiger partial charge in [0.2, 0.25) is 5.91 Å². The summed E-state index contributed by atoms with van der Waals surface area (Å²) in [5.74, 6) is 1.35. The van der Waals surface area contributed by atoms with Crippen LogP contribution in [-0.4, -0.2) is 40.6 Å². The van der Waals surface area contributed by atoms with Gasteiger partial charge in [0, 0.05) is 0 Å². The number of aromatic nitrogens is 3. The van der Waals surface area contributed by atoms with Gasteiger partial charge in [0.15, 0.2) is 5.16 Å². The number of nitrogens with zero attached hydrogens (tertiary/aromatic N) is 3. The van der Waals surface area contributed by atoms with Gasteiger partial charge in [-0.15, -0.1) is 10.2 Å². The second kappa shape index (κ2) is 9.21. The highest BCUT2D eigenvalue weighted by Crippen LogP contribution is 2.32. The third-order valence-corrected chi connectivity index (χ3v) is 5.48. The molecule has 0 aliphatic rings. The van der Waals surface area contributed by atoms with Gasteiger partial charge in [-0.05, 0) is 35.2 Å². The number of thioether (sulfide) groups is 1. The molecular weight excluding hydrogens is 400 g/mol. The van der Waals surface area contributed by atoms with E-state index >= 15 is 0 Å². The first-order chi connectivity index (χ1) is 14.3. The third-order valence-electron chi connectivity index (χ3n) is 4.53. The molecule has 0 saturated heterocycles. The van der Waals surface area contributed by atoms with Crippen LogP contribution in [0.1, 0.15) is 26.3 Å². The lowest BCUT2D eigenvalue weighted by molar-refractivity contribution is -0.113. The Morgan fingerprint density at radius 3 is 2.53 bits per heavy atom. The number of rotatable bonds is 7. The number of hydrogen-bond donors (Lipinski definition) is 1. The van der Waals surface area contributed by atoms with Crippen LogP contribution in [-0.2, 0) is 10.2 Å². The lowest BCUT2D eigenvalue weighted by atomic mass is 9.87.